The Balaban J connectivity index is 0. The minimum Gasteiger partial charge on any atom is -1.00 e. The molecule has 8 heavy (non-hydrogen) atoms. The maximum Gasteiger partial charge on any atom is 2.00 e. The van der Waals surface area contributed by atoms with Crippen LogP contribution in [0.15, 0.2) is 24.3 Å². The van der Waals surface area contributed by atoms with Crippen LogP contribution in [0.2, 0.25) is 0 Å². The molecule has 0 spiro atoms. The predicted octanol–water partition coefficient (Wildman–Crippen LogP) is -1.11. The van der Waals surface area contributed by atoms with Gasteiger partial charge in [-0.15, -0.1) is 0 Å². The monoisotopic (exact) mass is 218 g/mol. The Bertz CT molecular complexity index is 74.5. The van der Waals surface area contributed by atoms with Gasteiger partial charge in [-0.05, 0) is 12.8 Å². The Kier molecular flexibility index (Phi) is 10.4. The summed E-state index contributed by atoms with van der Waals surface area (Å²) in [5.41, 5.74) is 0. The zero-order valence-corrected chi connectivity index (χ0v) is 6.83. The predicted molar refractivity (Wildman–Crippen MR) is 27.5 cm³/mol. The van der Waals surface area contributed by atoms with Crippen LogP contribution >= 0.6 is 0 Å². The molecule has 0 nitrogen and oxygen atoms in total. The van der Waals surface area contributed by atoms with Crippen LogP contribution in [0.4, 0.5) is 0 Å². The molecule has 1 aliphatic carbocycles. The van der Waals surface area contributed by atoms with Crippen LogP contribution in [0.1, 0.15) is 12.8 Å². The molecule has 0 aromatic carbocycles. The van der Waals surface area contributed by atoms with E-state index in [-0.39, 0.29) is 31.9 Å². The van der Waals surface area contributed by atoms with Crippen molar-refractivity contribution in [1.82, 2.24) is 0 Å². The van der Waals surface area contributed by atoms with Crippen LogP contribution in [0.3, 0.4) is 0 Å². The standard InChI is InChI=1S/C6H8.ClH.Rh/c1-2-4-6-5-3-1;;/h1-4H,5-6H2;1H;/q;;+2/p-1. The maximum absolute atomic E-state index is 2.18. The van der Waals surface area contributed by atoms with Gasteiger partial charge < -0.3 is 12.4 Å². The van der Waals surface area contributed by atoms with E-state index in [0.29, 0.717) is 0 Å². The fourth-order valence-electron chi connectivity index (χ4n) is 0.542. The second-order valence-electron chi connectivity index (χ2n) is 1.43. The van der Waals surface area contributed by atoms with Crippen LogP contribution in [-0.2, 0) is 19.5 Å². The van der Waals surface area contributed by atoms with Crippen molar-refractivity contribution in [2.45, 2.75) is 12.8 Å². The maximum atomic E-state index is 2.18. The molecule has 0 saturated carbocycles. The Morgan fingerprint density at radius 1 is 0.875 bits per heavy atom. The first kappa shape index (κ1) is 11.2. The van der Waals surface area contributed by atoms with Gasteiger partial charge in [-0.3, -0.25) is 0 Å². The third-order valence-electron chi connectivity index (χ3n) is 0.883. The number of allylic oxidation sites excluding steroid dienone is 4. The van der Waals surface area contributed by atoms with Gasteiger partial charge in [0.15, 0.2) is 0 Å². The van der Waals surface area contributed by atoms with Gasteiger partial charge in [0.1, 0.15) is 0 Å². The van der Waals surface area contributed by atoms with Gasteiger partial charge in [0, 0.05) is 0 Å². The Hall–Kier alpha value is 0.393. The van der Waals surface area contributed by atoms with Crippen LogP contribution in [0.5, 0.6) is 0 Å². The normalized spacial score (nSPS) is 14.0. The van der Waals surface area contributed by atoms with Crippen molar-refractivity contribution >= 4 is 0 Å². The number of hydrogen-bond acceptors (Lipinski definition) is 0. The molecular formula is C6H8ClRh+. The summed E-state index contributed by atoms with van der Waals surface area (Å²) >= 11 is 0. The van der Waals surface area contributed by atoms with Crippen LogP contribution < -0.4 is 12.4 Å². The molecule has 0 unspecified atom stereocenters. The third kappa shape index (κ3) is 4.55. The molecular weight excluding hydrogens is 210 g/mol. The second kappa shape index (κ2) is 7.39. The Labute approximate surface area is 69.2 Å². The quantitative estimate of drug-likeness (QED) is 0.453. The van der Waals surface area contributed by atoms with Crippen LogP contribution in [0.25, 0.3) is 0 Å². The fraction of sp³-hybridized carbons (Fsp3) is 0.333. The van der Waals surface area contributed by atoms with Crippen molar-refractivity contribution in [2.24, 2.45) is 0 Å². The molecule has 0 saturated heterocycles. The van der Waals surface area contributed by atoms with Crippen molar-refractivity contribution < 1.29 is 31.9 Å². The van der Waals surface area contributed by atoms with Gasteiger partial charge in [-0.25, -0.2) is 0 Å². The molecule has 0 amide bonds. The van der Waals surface area contributed by atoms with Crippen molar-refractivity contribution in [3.05, 3.63) is 24.3 Å². The molecule has 0 aliphatic heterocycles. The minimum atomic E-state index is 0. The molecule has 0 N–H and O–H groups in total. The fourth-order valence-corrected chi connectivity index (χ4v) is 0.542. The first-order chi connectivity index (χ1) is 3.00. The van der Waals surface area contributed by atoms with E-state index in [1.54, 1.807) is 0 Å². The smallest absolute Gasteiger partial charge is 1.00 e. The van der Waals surface area contributed by atoms with E-state index in [9.17, 15) is 0 Å². The van der Waals surface area contributed by atoms with Gasteiger partial charge >= 0.3 is 19.5 Å². The summed E-state index contributed by atoms with van der Waals surface area (Å²) in [6, 6.07) is 0. The summed E-state index contributed by atoms with van der Waals surface area (Å²) in [7, 11) is 0. The minimum absolute atomic E-state index is 0. The SMILES string of the molecule is C1=CCCC=C1.[Cl-].[Rh+2]. The van der Waals surface area contributed by atoms with Crippen molar-refractivity contribution in [3.63, 3.8) is 0 Å². The summed E-state index contributed by atoms with van der Waals surface area (Å²) in [4.78, 5) is 0. The Morgan fingerprint density at radius 2 is 1.25 bits per heavy atom. The number of rotatable bonds is 0. The first-order valence-electron chi connectivity index (χ1n) is 2.32. The number of halogens is 1. The first-order valence-corrected chi connectivity index (χ1v) is 2.32. The molecule has 47 valence electrons. The van der Waals surface area contributed by atoms with E-state index in [2.05, 4.69) is 24.3 Å². The largest absolute Gasteiger partial charge is 2.00 e. The van der Waals surface area contributed by atoms with Crippen LogP contribution in [-0.4, -0.2) is 0 Å². The van der Waals surface area contributed by atoms with E-state index >= 15 is 0 Å². The molecule has 1 radical (unpaired) electrons. The van der Waals surface area contributed by atoms with E-state index < -0.39 is 0 Å². The van der Waals surface area contributed by atoms with Gasteiger partial charge in [-0.2, -0.15) is 0 Å². The zero-order chi connectivity index (χ0) is 4.24. The summed E-state index contributed by atoms with van der Waals surface area (Å²) < 4.78 is 0. The summed E-state index contributed by atoms with van der Waals surface area (Å²) in [6.45, 7) is 0. The molecule has 0 atom stereocenters. The number of hydrogen-bond donors (Lipinski definition) is 0. The van der Waals surface area contributed by atoms with Gasteiger partial charge in [0.25, 0.3) is 0 Å². The van der Waals surface area contributed by atoms with Crippen LogP contribution in [0, 0.1) is 0 Å². The summed E-state index contributed by atoms with van der Waals surface area (Å²) in [5, 5.41) is 0. The molecule has 0 heterocycles. The Morgan fingerprint density at radius 3 is 1.38 bits per heavy atom. The molecule has 2 heteroatoms. The molecule has 0 fully saturated rings. The van der Waals surface area contributed by atoms with E-state index in [0.717, 1.165) is 0 Å². The van der Waals surface area contributed by atoms with E-state index in [4.69, 9.17) is 0 Å². The average molecular weight is 218 g/mol. The van der Waals surface area contributed by atoms with Gasteiger partial charge in [-0.1, -0.05) is 24.3 Å². The zero-order valence-electron chi connectivity index (χ0n) is 4.43. The molecule has 1 rings (SSSR count). The van der Waals surface area contributed by atoms with Crippen molar-refractivity contribution in [2.75, 3.05) is 0 Å². The molecule has 0 bridgehead atoms. The average Bonchev–Trinajstić information content (AvgIpc) is 1.72. The second-order valence-corrected chi connectivity index (χ2v) is 1.43. The van der Waals surface area contributed by atoms with Crippen molar-refractivity contribution in [3.8, 4) is 0 Å². The van der Waals surface area contributed by atoms with E-state index in [1.165, 1.54) is 12.8 Å². The summed E-state index contributed by atoms with van der Waals surface area (Å²) in [6.07, 6.45) is 11.0. The molecule has 0 aromatic heterocycles. The van der Waals surface area contributed by atoms with E-state index in [1.807, 2.05) is 0 Å². The molecule has 1 aliphatic rings. The van der Waals surface area contributed by atoms with Gasteiger partial charge in [0.2, 0.25) is 0 Å². The van der Waals surface area contributed by atoms with Gasteiger partial charge in [0.05, 0.1) is 0 Å². The molecule has 0 aromatic rings. The third-order valence-corrected chi connectivity index (χ3v) is 0.883. The topological polar surface area (TPSA) is 0 Å². The summed E-state index contributed by atoms with van der Waals surface area (Å²) in [5.74, 6) is 0. The van der Waals surface area contributed by atoms with Crippen molar-refractivity contribution in [1.29, 1.82) is 0 Å².